The molecule has 0 saturated heterocycles. The molecule has 1 rings (SSSR count). The SMILES string of the molecule is CCCNC(COc1cc(C)cc(C)c1)C(C)(C)C. The molecule has 0 fully saturated rings. The first kappa shape index (κ1) is 16.0. The maximum absolute atomic E-state index is 5.99. The molecule has 0 aliphatic rings. The van der Waals surface area contributed by atoms with E-state index in [2.05, 4.69) is 65.1 Å². The van der Waals surface area contributed by atoms with Crippen LogP contribution in [0.1, 0.15) is 45.2 Å². The van der Waals surface area contributed by atoms with Crippen molar-refractivity contribution in [3.63, 3.8) is 0 Å². The summed E-state index contributed by atoms with van der Waals surface area (Å²) in [5.41, 5.74) is 2.71. The molecule has 0 amide bonds. The lowest BCUT2D eigenvalue weighted by Crippen LogP contribution is -2.45. The van der Waals surface area contributed by atoms with E-state index in [4.69, 9.17) is 4.74 Å². The summed E-state index contributed by atoms with van der Waals surface area (Å²) < 4.78 is 5.99. The lowest BCUT2D eigenvalue weighted by atomic mass is 9.87. The standard InChI is InChI=1S/C17H29NO/c1-7-8-18-16(17(4,5)6)12-19-15-10-13(2)9-14(3)11-15/h9-11,16,18H,7-8,12H2,1-6H3. The third-order valence-corrected chi connectivity index (χ3v) is 3.30. The molecular formula is C17H29NO. The van der Waals surface area contributed by atoms with Crippen molar-refractivity contribution in [2.75, 3.05) is 13.2 Å². The van der Waals surface area contributed by atoms with Crippen molar-refractivity contribution in [2.24, 2.45) is 5.41 Å². The Morgan fingerprint density at radius 1 is 1.11 bits per heavy atom. The summed E-state index contributed by atoms with van der Waals surface area (Å²) in [4.78, 5) is 0. The Labute approximate surface area is 118 Å². The Morgan fingerprint density at radius 2 is 1.68 bits per heavy atom. The molecule has 2 nitrogen and oxygen atoms in total. The molecular weight excluding hydrogens is 234 g/mol. The highest BCUT2D eigenvalue weighted by Crippen LogP contribution is 2.22. The number of benzene rings is 1. The van der Waals surface area contributed by atoms with Gasteiger partial charge in [-0.2, -0.15) is 0 Å². The van der Waals surface area contributed by atoms with E-state index in [1.807, 2.05) is 0 Å². The molecule has 0 aromatic heterocycles. The van der Waals surface area contributed by atoms with Crippen molar-refractivity contribution in [3.05, 3.63) is 29.3 Å². The first-order valence-electron chi connectivity index (χ1n) is 7.27. The molecule has 1 unspecified atom stereocenters. The number of hydrogen-bond acceptors (Lipinski definition) is 2. The van der Waals surface area contributed by atoms with Gasteiger partial charge in [-0.15, -0.1) is 0 Å². The van der Waals surface area contributed by atoms with Crippen LogP contribution >= 0.6 is 0 Å². The molecule has 1 aromatic rings. The topological polar surface area (TPSA) is 21.3 Å². The summed E-state index contributed by atoms with van der Waals surface area (Å²) in [6.45, 7) is 14.9. The van der Waals surface area contributed by atoms with Crippen molar-refractivity contribution in [1.82, 2.24) is 5.32 Å². The predicted molar refractivity (Wildman–Crippen MR) is 82.9 cm³/mol. The number of hydrogen-bond donors (Lipinski definition) is 1. The van der Waals surface area contributed by atoms with Gasteiger partial charge in [0.2, 0.25) is 0 Å². The largest absolute Gasteiger partial charge is 0.492 e. The lowest BCUT2D eigenvalue weighted by molar-refractivity contribution is 0.174. The first-order valence-corrected chi connectivity index (χ1v) is 7.27. The van der Waals surface area contributed by atoms with Gasteiger partial charge in [-0.3, -0.25) is 0 Å². The van der Waals surface area contributed by atoms with E-state index in [9.17, 15) is 0 Å². The van der Waals surface area contributed by atoms with Gasteiger partial charge in [-0.1, -0.05) is 33.8 Å². The highest BCUT2D eigenvalue weighted by Gasteiger charge is 2.24. The summed E-state index contributed by atoms with van der Waals surface area (Å²) in [7, 11) is 0. The van der Waals surface area contributed by atoms with Gasteiger partial charge in [0.1, 0.15) is 12.4 Å². The molecule has 2 heteroatoms. The van der Waals surface area contributed by atoms with Gasteiger partial charge in [0.25, 0.3) is 0 Å². The number of aryl methyl sites for hydroxylation is 2. The van der Waals surface area contributed by atoms with Gasteiger partial charge in [-0.05, 0) is 55.5 Å². The van der Waals surface area contributed by atoms with E-state index in [1.54, 1.807) is 0 Å². The minimum absolute atomic E-state index is 0.202. The smallest absolute Gasteiger partial charge is 0.119 e. The summed E-state index contributed by atoms with van der Waals surface area (Å²) in [6, 6.07) is 6.75. The fourth-order valence-electron chi connectivity index (χ4n) is 2.13. The Kier molecular flexibility index (Phi) is 5.86. The third kappa shape index (κ3) is 5.65. The Bertz CT molecular complexity index is 372. The number of rotatable bonds is 6. The van der Waals surface area contributed by atoms with Crippen LogP contribution in [0.5, 0.6) is 5.75 Å². The highest BCUT2D eigenvalue weighted by molar-refractivity contribution is 5.33. The molecule has 108 valence electrons. The Morgan fingerprint density at radius 3 is 2.16 bits per heavy atom. The van der Waals surface area contributed by atoms with Crippen LogP contribution in [0.3, 0.4) is 0 Å². The van der Waals surface area contributed by atoms with Crippen LogP contribution in [-0.2, 0) is 0 Å². The van der Waals surface area contributed by atoms with Crippen LogP contribution in [0, 0.1) is 19.3 Å². The van der Waals surface area contributed by atoms with Crippen LogP contribution in [0.15, 0.2) is 18.2 Å². The molecule has 0 aliphatic carbocycles. The third-order valence-electron chi connectivity index (χ3n) is 3.30. The zero-order valence-corrected chi connectivity index (χ0v) is 13.3. The van der Waals surface area contributed by atoms with Gasteiger partial charge in [-0.25, -0.2) is 0 Å². The molecule has 1 atom stereocenters. The summed E-state index contributed by atoms with van der Waals surface area (Å²) in [5, 5.41) is 3.58. The van der Waals surface area contributed by atoms with Gasteiger partial charge in [0.05, 0.1) is 0 Å². The van der Waals surface area contributed by atoms with Crippen LogP contribution in [-0.4, -0.2) is 19.2 Å². The van der Waals surface area contributed by atoms with E-state index in [1.165, 1.54) is 11.1 Å². The average Bonchev–Trinajstić information content (AvgIpc) is 2.26. The highest BCUT2D eigenvalue weighted by atomic mass is 16.5. The van der Waals surface area contributed by atoms with Crippen LogP contribution in [0.4, 0.5) is 0 Å². The Hall–Kier alpha value is -1.02. The van der Waals surface area contributed by atoms with E-state index in [-0.39, 0.29) is 5.41 Å². The minimum Gasteiger partial charge on any atom is -0.492 e. The maximum atomic E-state index is 5.99. The summed E-state index contributed by atoms with van der Waals surface area (Å²) >= 11 is 0. The van der Waals surface area contributed by atoms with Crippen molar-refractivity contribution < 1.29 is 4.74 Å². The molecule has 0 aliphatic heterocycles. The molecule has 0 heterocycles. The van der Waals surface area contributed by atoms with E-state index in [0.29, 0.717) is 12.6 Å². The zero-order chi connectivity index (χ0) is 14.5. The van der Waals surface area contributed by atoms with Gasteiger partial charge >= 0.3 is 0 Å². The van der Waals surface area contributed by atoms with E-state index in [0.717, 1.165) is 18.7 Å². The minimum atomic E-state index is 0.202. The summed E-state index contributed by atoms with van der Waals surface area (Å²) in [5.74, 6) is 0.977. The molecule has 1 N–H and O–H groups in total. The molecule has 0 spiro atoms. The van der Waals surface area contributed by atoms with Gasteiger partial charge in [0, 0.05) is 6.04 Å². The molecule has 0 bridgehead atoms. The fourth-order valence-corrected chi connectivity index (χ4v) is 2.13. The normalized spacial score (nSPS) is 13.4. The predicted octanol–water partition coefficient (Wildman–Crippen LogP) is 4.10. The van der Waals surface area contributed by atoms with E-state index >= 15 is 0 Å². The lowest BCUT2D eigenvalue weighted by Gasteiger charge is -2.31. The van der Waals surface area contributed by atoms with Crippen molar-refractivity contribution in [2.45, 2.75) is 54.0 Å². The van der Waals surface area contributed by atoms with Crippen molar-refractivity contribution >= 4 is 0 Å². The summed E-state index contributed by atoms with van der Waals surface area (Å²) in [6.07, 6.45) is 1.15. The Balaban J connectivity index is 2.65. The maximum Gasteiger partial charge on any atom is 0.119 e. The quantitative estimate of drug-likeness (QED) is 0.834. The molecule has 19 heavy (non-hydrogen) atoms. The second-order valence-corrected chi connectivity index (χ2v) is 6.51. The van der Waals surface area contributed by atoms with Crippen molar-refractivity contribution in [3.8, 4) is 5.75 Å². The fraction of sp³-hybridized carbons (Fsp3) is 0.647. The van der Waals surface area contributed by atoms with Crippen molar-refractivity contribution in [1.29, 1.82) is 0 Å². The molecule has 0 saturated carbocycles. The number of nitrogens with one attached hydrogen (secondary N) is 1. The average molecular weight is 263 g/mol. The molecule has 1 aromatic carbocycles. The first-order chi connectivity index (χ1) is 8.82. The van der Waals surface area contributed by atoms with Crippen LogP contribution in [0.25, 0.3) is 0 Å². The van der Waals surface area contributed by atoms with Gasteiger partial charge in [0.15, 0.2) is 0 Å². The number of ether oxygens (including phenoxy) is 1. The second-order valence-electron chi connectivity index (χ2n) is 6.51. The van der Waals surface area contributed by atoms with Crippen LogP contribution < -0.4 is 10.1 Å². The zero-order valence-electron chi connectivity index (χ0n) is 13.3. The monoisotopic (exact) mass is 263 g/mol. The second kappa shape index (κ2) is 6.95. The van der Waals surface area contributed by atoms with Crippen LogP contribution in [0.2, 0.25) is 0 Å². The van der Waals surface area contributed by atoms with E-state index < -0.39 is 0 Å². The van der Waals surface area contributed by atoms with Gasteiger partial charge < -0.3 is 10.1 Å². The molecule has 0 radical (unpaired) electrons.